The highest BCUT2D eigenvalue weighted by molar-refractivity contribution is 7.99. The van der Waals surface area contributed by atoms with Crippen molar-refractivity contribution in [3.8, 4) is 0 Å². The average Bonchev–Trinajstić information content (AvgIpc) is 2.51. The molecule has 20 heavy (non-hydrogen) atoms. The van der Waals surface area contributed by atoms with Crippen molar-refractivity contribution in [3.63, 3.8) is 0 Å². The van der Waals surface area contributed by atoms with Crippen molar-refractivity contribution in [2.45, 2.75) is 37.0 Å². The zero-order chi connectivity index (χ0) is 13.9. The lowest BCUT2D eigenvalue weighted by molar-refractivity contribution is 0.474. The van der Waals surface area contributed by atoms with Crippen LogP contribution >= 0.6 is 11.8 Å². The van der Waals surface area contributed by atoms with Crippen LogP contribution in [-0.2, 0) is 0 Å². The largest absolute Gasteiger partial charge is 0.398 e. The first-order valence-electron chi connectivity index (χ1n) is 7.19. The monoisotopic (exact) mass is 287 g/mol. The number of benzene rings is 1. The molecule has 0 radical (unpaired) electrons. The molecule has 2 aromatic rings. The summed E-state index contributed by atoms with van der Waals surface area (Å²) < 4.78 is 0. The molecule has 1 aromatic carbocycles. The number of nitrogens with two attached hydrogens (primary N) is 1. The number of aromatic nitrogens is 1. The quantitative estimate of drug-likeness (QED) is 0.841. The Morgan fingerprint density at radius 1 is 1.25 bits per heavy atom. The van der Waals surface area contributed by atoms with Crippen molar-refractivity contribution >= 4 is 33.9 Å². The Bertz CT molecular complexity index is 599. The predicted octanol–water partition coefficient (Wildman–Crippen LogP) is 3.90. The topological polar surface area (TPSA) is 50.9 Å². The summed E-state index contributed by atoms with van der Waals surface area (Å²) >= 11 is 2.00. The molecule has 0 amide bonds. The van der Waals surface area contributed by atoms with E-state index >= 15 is 0 Å². The minimum absolute atomic E-state index is 0.571. The first-order valence-corrected chi connectivity index (χ1v) is 8.48. The van der Waals surface area contributed by atoms with Gasteiger partial charge in [0.1, 0.15) is 0 Å². The van der Waals surface area contributed by atoms with Gasteiger partial charge in [-0.2, -0.15) is 11.8 Å². The molecule has 0 saturated heterocycles. The first-order chi connectivity index (χ1) is 9.78. The molecule has 3 rings (SSSR count). The number of anilines is 2. The average molecular weight is 287 g/mol. The van der Waals surface area contributed by atoms with Gasteiger partial charge in [0.05, 0.1) is 0 Å². The number of fused-ring (bicyclic) bond motifs is 1. The van der Waals surface area contributed by atoms with Gasteiger partial charge in [-0.3, -0.25) is 4.98 Å². The minimum atomic E-state index is 0.571. The lowest BCUT2D eigenvalue weighted by Gasteiger charge is -2.29. The molecular formula is C16H21N3S. The minimum Gasteiger partial charge on any atom is -0.398 e. The van der Waals surface area contributed by atoms with Crippen molar-refractivity contribution in [1.29, 1.82) is 0 Å². The number of nitrogens with one attached hydrogen (secondary N) is 1. The molecule has 1 saturated carbocycles. The number of nitrogen functional groups attached to an aromatic ring is 1. The standard InChI is InChI=1S/C16H21N3S/c1-20-12-4-2-3-11(9-12)19-16-6-5-15(17)14-10-18-8-7-13(14)16/h5-8,10-12,19H,2-4,9,17H2,1H3. The second kappa shape index (κ2) is 5.92. The molecule has 106 valence electrons. The molecule has 0 aliphatic heterocycles. The maximum atomic E-state index is 6.03. The Balaban J connectivity index is 1.86. The van der Waals surface area contributed by atoms with Crippen LogP contribution in [-0.4, -0.2) is 22.5 Å². The van der Waals surface area contributed by atoms with Crippen LogP contribution in [0.15, 0.2) is 30.6 Å². The van der Waals surface area contributed by atoms with Gasteiger partial charge >= 0.3 is 0 Å². The molecule has 1 aromatic heterocycles. The van der Waals surface area contributed by atoms with Gasteiger partial charge in [-0.05, 0) is 43.7 Å². The molecule has 0 bridgehead atoms. The Hall–Kier alpha value is -1.42. The Morgan fingerprint density at radius 2 is 2.15 bits per heavy atom. The van der Waals surface area contributed by atoms with Crippen LogP contribution in [0.5, 0.6) is 0 Å². The van der Waals surface area contributed by atoms with E-state index in [-0.39, 0.29) is 0 Å². The van der Waals surface area contributed by atoms with Crippen molar-refractivity contribution in [2.24, 2.45) is 0 Å². The zero-order valence-corrected chi connectivity index (χ0v) is 12.6. The van der Waals surface area contributed by atoms with Crippen LogP contribution < -0.4 is 11.1 Å². The predicted molar refractivity (Wildman–Crippen MR) is 89.3 cm³/mol. The number of hydrogen-bond acceptors (Lipinski definition) is 4. The summed E-state index contributed by atoms with van der Waals surface area (Å²) in [6.07, 6.45) is 11.1. The first kappa shape index (κ1) is 13.6. The van der Waals surface area contributed by atoms with Gasteiger partial charge in [0, 0.05) is 45.8 Å². The summed E-state index contributed by atoms with van der Waals surface area (Å²) in [6, 6.07) is 6.69. The third-order valence-electron chi connectivity index (χ3n) is 4.17. The van der Waals surface area contributed by atoms with E-state index < -0.39 is 0 Å². The highest BCUT2D eigenvalue weighted by Crippen LogP contribution is 2.32. The fourth-order valence-corrected chi connectivity index (χ4v) is 3.88. The SMILES string of the molecule is CSC1CCCC(Nc2ccc(N)c3cnccc23)C1. The van der Waals surface area contributed by atoms with Gasteiger partial charge < -0.3 is 11.1 Å². The van der Waals surface area contributed by atoms with Crippen molar-refractivity contribution in [1.82, 2.24) is 4.98 Å². The van der Waals surface area contributed by atoms with E-state index in [0.29, 0.717) is 6.04 Å². The summed E-state index contributed by atoms with van der Waals surface area (Å²) in [6.45, 7) is 0. The highest BCUT2D eigenvalue weighted by atomic mass is 32.2. The molecule has 4 heteroatoms. The second-order valence-corrected chi connectivity index (χ2v) is 6.63. The summed E-state index contributed by atoms with van der Waals surface area (Å²) in [4.78, 5) is 4.18. The van der Waals surface area contributed by atoms with Crippen LogP contribution in [0, 0.1) is 0 Å². The summed E-state index contributed by atoms with van der Waals surface area (Å²) in [5, 5.41) is 6.72. The normalized spacial score (nSPS) is 22.9. The number of hydrogen-bond donors (Lipinski definition) is 2. The van der Waals surface area contributed by atoms with Crippen molar-refractivity contribution in [3.05, 3.63) is 30.6 Å². The Morgan fingerprint density at radius 3 is 3.00 bits per heavy atom. The molecular weight excluding hydrogens is 266 g/mol. The van der Waals surface area contributed by atoms with E-state index in [2.05, 4.69) is 22.6 Å². The zero-order valence-electron chi connectivity index (χ0n) is 11.8. The lowest BCUT2D eigenvalue weighted by Crippen LogP contribution is -2.28. The Labute approximate surface area is 124 Å². The summed E-state index contributed by atoms with van der Waals surface area (Å²) in [5.74, 6) is 0. The number of rotatable bonds is 3. The van der Waals surface area contributed by atoms with E-state index in [1.807, 2.05) is 36.3 Å². The third-order valence-corrected chi connectivity index (χ3v) is 5.27. The van der Waals surface area contributed by atoms with Gasteiger partial charge in [0.25, 0.3) is 0 Å². The Kier molecular flexibility index (Phi) is 4.01. The molecule has 1 aliphatic rings. The molecule has 1 heterocycles. The van der Waals surface area contributed by atoms with Gasteiger partial charge in [0.2, 0.25) is 0 Å². The highest BCUT2D eigenvalue weighted by Gasteiger charge is 2.21. The number of pyridine rings is 1. The van der Waals surface area contributed by atoms with E-state index in [4.69, 9.17) is 5.73 Å². The fourth-order valence-electron chi connectivity index (χ4n) is 3.05. The lowest BCUT2D eigenvalue weighted by atomic mass is 9.94. The van der Waals surface area contributed by atoms with Crippen LogP contribution in [0.25, 0.3) is 10.8 Å². The van der Waals surface area contributed by atoms with E-state index in [1.54, 1.807) is 0 Å². The van der Waals surface area contributed by atoms with Crippen LogP contribution in [0.4, 0.5) is 11.4 Å². The smallest absolute Gasteiger partial charge is 0.0424 e. The number of nitrogens with zero attached hydrogens (tertiary/aromatic N) is 1. The van der Waals surface area contributed by atoms with Gasteiger partial charge in [-0.25, -0.2) is 0 Å². The van der Waals surface area contributed by atoms with Crippen molar-refractivity contribution in [2.75, 3.05) is 17.3 Å². The fraction of sp³-hybridized carbons (Fsp3) is 0.438. The van der Waals surface area contributed by atoms with Crippen LogP contribution in [0.3, 0.4) is 0 Å². The van der Waals surface area contributed by atoms with Crippen molar-refractivity contribution < 1.29 is 0 Å². The molecule has 1 fully saturated rings. The van der Waals surface area contributed by atoms with E-state index in [9.17, 15) is 0 Å². The van der Waals surface area contributed by atoms with Gasteiger partial charge in [0.15, 0.2) is 0 Å². The molecule has 2 atom stereocenters. The van der Waals surface area contributed by atoms with Gasteiger partial charge in [-0.15, -0.1) is 0 Å². The summed E-state index contributed by atoms with van der Waals surface area (Å²) in [7, 11) is 0. The maximum absolute atomic E-state index is 6.03. The molecule has 0 spiro atoms. The third kappa shape index (κ3) is 2.70. The number of thioether (sulfide) groups is 1. The van der Waals surface area contributed by atoms with Crippen LogP contribution in [0.1, 0.15) is 25.7 Å². The van der Waals surface area contributed by atoms with E-state index in [1.165, 1.54) is 36.8 Å². The maximum Gasteiger partial charge on any atom is 0.0424 e. The molecule has 2 unspecified atom stereocenters. The molecule has 3 nitrogen and oxygen atoms in total. The van der Waals surface area contributed by atoms with E-state index in [0.717, 1.165) is 16.3 Å². The molecule has 3 N–H and O–H groups in total. The molecule has 1 aliphatic carbocycles. The van der Waals surface area contributed by atoms with Crippen LogP contribution in [0.2, 0.25) is 0 Å². The second-order valence-electron chi connectivity index (χ2n) is 5.49. The summed E-state index contributed by atoms with van der Waals surface area (Å²) in [5.41, 5.74) is 8.01. The van der Waals surface area contributed by atoms with Gasteiger partial charge in [-0.1, -0.05) is 6.42 Å².